The fourth-order valence-corrected chi connectivity index (χ4v) is 4.89. The van der Waals surface area contributed by atoms with Crippen LogP contribution in [0.15, 0.2) is 72.8 Å². The summed E-state index contributed by atoms with van der Waals surface area (Å²) in [5.41, 5.74) is 2.48. The van der Waals surface area contributed by atoms with Gasteiger partial charge in [0.2, 0.25) is 5.91 Å². The summed E-state index contributed by atoms with van der Waals surface area (Å²) in [5, 5.41) is 0. The van der Waals surface area contributed by atoms with Gasteiger partial charge in [-0.3, -0.25) is 4.79 Å². The van der Waals surface area contributed by atoms with Crippen molar-refractivity contribution in [3.05, 3.63) is 89.7 Å². The zero-order valence-corrected chi connectivity index (χ0v) is 20.5. The van der Waals surface area contributed by atoms with Crippen LogP contribution < -0.4 is 9.64 Å². The van der Waals surface area contributed by atoms with Crippen molar-refractivity contribution in [1.82, 2.24) is 9.55 Å². The third kappa shape index (κ3) is 5.48. The van der Waals surface area contributed by atoms with E-state index in [1.807, 2.05) is 55.5 Å². The van der Waals surface area contributed by atoms with E-state index in [4.69, 9.17) is 9.72 Å². The number of hydrogen-bond donors (Lipinski definition) is 0. The van der Waals surface area contributed by atoms with Gasteiger partial charge in [-0.2, -0.15) is 13.2 Å². The van der Waals surface area contributed by atoms with E-state index < -0.39 is 11.7 Å². The number of aryl methyl sites for hydroxylation is 2. The molecule has 0 bridgehead atoms. The summed E-state index contributed by atoms with van der Waals surface area (Å²) in [6, 6.07) is 20.7. The lowest BCUT2D eigenvalue weighted by Crippen LogP contribution is -2.25. The summed E-state index contributed by atoms with van der Waals surface area (Å²) in [6.07, 6.45) is -2.55. The number of nitrogens with zero attached hydrogens (tertiary/aromatic N) is 3. The lowest BCUT2D eigenvalue weighted by atomic mass is 10.1. The van der Waals surface area contributed by atoms with Gasteiger partial charge in [-0.05, 0) is 67.8 Å². The van der Waals surface area contributed by atoms with E-state index in [1.165, 1.54) is 11.0 Å². The molecule has 0 radical (unpaired) electrons. The van der Waals surface area contributed by atoms with Crippen molar-refractivity contribution >= 4 is 22.6 Å². The maximum atomic E-state index is 13.2. The number of rotatable bonds is 8. The third-order valence-electron chi connectivity index (χ3n) is 6.69. The first kappa shape index (κ1) is 24.9. The van der Waals surface area contributed by atoms with Crippen molar-refractivity contribution in [2.45, 2.75) is 44.8 Å². The van der Waals surface area contributed by atoms with Crippen LogP contribution in [0.4, 0.5) is 18.9 Å². The monoisotopic (exact) mass is 507 g/mol. The minimum atomic E-state index is -4.46. The molecular formula is C29H28F3N3O2. The van der Waals surface area contributed by atoms with E-state index in [0.29, 0.717) is 19.7 Å². The highest BCUT2D eigenvalue weighted by Crippen LogP contribution is 2.36. The number of ether oxygens (including phenoxy) is 1. The lowest BCUT2D eigenvalue weighted by molar-refractivity contribution is -0.137. The molecule has 3 aromatic carbocycles. The van der Waals surface area contributed by atoms with Gasteiger partial charge in [0.05, 0.1) is 23.2 Å². The Kier molecular flexibility index (Phi) is 6.91. The molecule has 1 saturated heterocycles. The largest absolute Gasteiger partial charge is 0.494 e. The van der Waals surface area contributed by atoms with Crippen molar-refractivity contribution in [2.75, 3.05) is 18.1 Å². The number of anilines is 1. The van der Waals surface area contributed by atoms with E-state index in [-0.39, 0.29) is 23.9 Å². The molecule has 5 rings (SSSR count). The molecule has 1 fully saturated rings. The first-order valence-electron chi connectivity index (χ1n) is 12.4. The van der Waals surface area contributed by atoms with Crippen LogP contribution in [-0.4, -0.2) is 28.6 Å². The smallest absolute Gasteiger partial charge is 0.416 e. The van der Waals surface area contributed by atoms with Gasteiger partial charge in [0.25, 0.3) is 0 Å². The fraction of sp³-hybridized carbons (Fsp3) is 0.310. The highest BCUT2D eigenvalue weighted by Gasteiger charge is 2.36. The summed E-state index contributed by atoms with van der Waals surface area (Å²) >= 11 is 0. The summed E-state index contributed by atoms with van der Waals surface area (Å²) < 4.78 is 47.7. The van der Waals surface area contributed by atoms with Gasteiger partial charge in [-0.25, -0.2) is 4.98 Å². The molecule has 4 aromatic rings. The Labute approximate surface area is 213 Å². The summed E-state index contributed by atoms with van der Waals surface area (Å²) in [7, 11) is 0. The van der Waals surface area contributed by atoms with Crippen molar-refractivity contribution in [3.8, 4) is 5.75 Å². The maximum absolute atomic E-state index is 13.2. The molecule has 0 aliphatic carbocycles. The first-order chi connectivity index (χ1) is 17.8. The molecule has 2 heterocycles. The van der Waals surface area contributed by atoms with Crippen LogP contribution in [0.1, 0.15) is 42.1 Å². The Morgan fingerprint density at radius 2 is 1.81 bits per heavy atom. The van der Waals surface area contributed by atoms with E-state index in [9.17, 15) is 18.0 Å². The predicted octanol–water partition coefficient (Wildman–Crippen LogP) is 6.74. The van der Waals surface area contributed by atoms with Crippen LogP contribution in [-0.2, 0) is 17.5 Å². The third-order valence-corrected chi connectivity index (χ3v) is 6.69. The van der Waals surface area contributed by atoms with Crippen molar-refractivity contribution in [3.63, 3.8) is 0 Å². The molecule has 0 N–H and O–H groups in total. The molecule has 1 aliphatic rings. The minimum absolute atomic E-state index is 0.200. The average Bonchev–Trinajstić information content (AvgIpc) is 3.44. The first-order valence-corrected chi connectivity index (χ1v) is 12.4. The predicted molar refractivity (Wildman–Crippen MR) is 137 cm³/mol. The molecule has 1 unspecified atom stereocenters. The molecule has 1 aromatic heterocycles. The number of alkyl halides is 3. The molecule has 5 nitrogen and oxygen atoms in total. The van der Waals surface area contributed by atoms with E-state index in [1.54, 1.807) is 6.07 Å². The number of para-hydroxylation sites is 2. The van der Waals surface area contributed by atoms with E-state index >= 15 is 0 Å². The normalized spacial score (nSPS) is 16.1. The minimum Gasteiger partial charge on any atom is -0.494 e. The Balaban J connectivity index is 1.31. The van der Waals surface area contributed by atoms with Crippen LogP contribution in [0.3, 0.4) is 0 Å². The average molecular weight is 508 g/mol. The highest BCUT2D eigenvalue weighted by atomic mass is 19.4. The lowest BCUT2D eigenvalue weighted by Gasteiger charge is -2.19. The quantitative estimate of drug-likeness (QED) is 0.248. The number of aromatic nitrogens is 2. The summed E-state index contributed by atoms with van der Waals surface area (Å²) in [5.74, 6) is 1.24. The number of carbonyl (C=O) groups is 1. The van der Waals surface area contributed by atoms with Crippen LogP contribution in [0.5, 0.6) is 5.75 Å². The van der Waals surface area contributed by atoms with Crippen molar-refractivity contribution in [2.24, 2.45) is 0 Å². The van der Waals surface area contributed by atoms with Gasteiger partial charge < -0.3 is 14.2 Å². The van der Waals surface area contributed by atoms with Crippen LogP contribution in [0, 0.1) is 6.92 Å². The molecular weight excluding hydrogens is 479 g/mol. The van der Waals surface area contributed by atoms with Crippen molar-refractivity contribution < 1.29 is 22.7 Å². The molecule has 1 amide bonds. The van der Waals surface area contributed by atoms with E-state index in [2.05, 4.69) is 4.57 Å². The second-order valence-corrected chi connectivity index (χ2v) is 9.44. The second kappa shape index (κ2) is 10.3. The number of hydrogen-bond acceptors (Lipinski definition) is 3. The standard InChI is InChI=1S/C29H28F3N3O2/c1-20-8-6-11-24(16-20)37-15-5-4-14-34-26-13-3-2-12-25(26)33-28(34)21-17-27(36)35(19-21)23-10-7-9-22(18-23)29(30,31)32/h2-3,6-13,16,18,21H,4-5,14-15,17,19H2,1H3. The number of carbonyl (C=O) groups excluding carboxylic acids is 1. The molecule has 192 valence electrons. The molecule has 0 saturated carbocycles. The van der Waals surface area contributed by atoms with Crippen LogP contribution in [0.25, 0.3) is 11.0 Å². The van der Waals surface area contributed by atoms with Gasteiger partial charge >= 0.3 is 6.18 Å². The molecule has 0 spiro atoms. The van der Waals surface area contributed by atoms with Crippen molar-refractivity contribution in [1.29, 1.82) is 0 Å². The number of halogens is 3. The Morgan fingerprint density at radius 1 is 1.00 bits per heavy atom. The number of imidazole rings is 1. The maximum Gasteiger partial charge on any atom is 0.416 e. The fourth-order valence-electron chi connectivity index (χ4n) is 4.89. The molecule has 1 atom stereocenters. The molecule has 8 heteroatoms. The van der Waals surface area contributed by atoms with Gasteiger partial charge in [-0.15, -0.1) is 0 Å². The molecule has 37 heavy (non-hydrogen) atoms. The number of fused-ring (bicyclic) bond motifs is 1. The Bertz CT molecular complexity index is 1410. The zero-order chi connectivity index (χ0) is 26.0. The van der Waals surface area contributed by atoms with Crippen LogP contribution >= 0.6 is 0 Å². The van der Waals surface area contributed by atoms with Gasteiger partial charge in [-0.1, -0.05) is 30.3 Å². The van der Waals surface area contributed by atoms with E-state index in [0.717, 1.165) is 53.1 Å². The molecule has 1 aliphatic heterocycles. The number of benzene rings is 3. The zero-order valence-electron chi connectivity index (χ0n) is 20.5. The van der Waals surface area contributed by atoms with Gasteiger partial charge in [0, 0.05) is 31.1 Å². The van der Waals surface area contributed by atoms with Gasteiger partial charge in [0.1, 0.15) is 11.6 Å². The highest BCUT2D eigenvalue weighted by molar-refractivity contribution is 5.96. The summed E-state index contributed by atoms with van der Waals surface area (Å²) in [4.78, 5) is 19.2. The second-order valence-electron chi connectivity index (χ2n) is 9.44. The Hall–Kier alpha value is -3.81. The number of unbranched alkanes of at least 4 members (excludes halogenated alkanes) is 1. The topological polar surface area (TPSA) is 47.4 Å². The van der Waals surface area contributed by atoms with Crippen LogP contribution in [0.2, 0.25) is 0 Å². The Morgan fingerprint density at radius 3 is 2.62 bits per heavy atom. The summed E-state index contributed by atoms with van der Waals surface area (Å²) in [6.45, 7) is 3.62. The SMILES string of the molecule is Cc1cccc(OCCCCn2c(C3CC(=O)N(c4cccc(C(F)(F)F)c4)C3)nc3ccccc32)c1. The van der Waals surface area contributed by atoms with Gasteiger partial charge in [0.15, 0.2) is 0 Å². The number of amides is 1.